The Morgan fingerprint density at radius 3 is 2.43 bits per heavy atom. The zero-order valence-corrected chi connectivity index (χ0v) is 9.44. The normalized spacial score (nSPS) is 20.0. The van der Waals surface area contributed by atoms with Crippen LogP contribution in [0.4, 0.5) is 0 Å². The summed E-state index contributed by atoms with van der Waals surface area (Å²) in [4.78, 5) is 11.4. The van der Waals surface area contributed by atoms with E-state index in [4.69, 9.17) is 4.74 Å². The molecule has 0 spiro atoms. The maximum Gasteiger partial charge on any atom is 0.246 e. The summed E-state index contributed by atoms with van der Waals surface area (Å²) in [5.74, 6) is -0.0503. The quantitative estimate of drug-likeness (QED) is 0.688. The van der Waals surface area contributed by atoms with Gasteiger partial charge in [-0.15, -0.1) is 0 Å². The number of ether oxygens (including phenoxy) is 1. The van der Waals surface area contributed by atoms with E-state index in [1.165, 1.54) is 0 Å². The van der Waals surface area contributed by atoms with Gasteiger partial charge in [0.05, 0.1) is 5.60 Å². The third kappa shape index (κ3) is 3.64. The van der Waals surface area contributed by atoms with Gasteiger partial charge in [0.15, 0.2) is 0 Å². The van der Waals surface area contributed by atoms with Gasteiger partial charge in [0.1, 0.15) is 6.61 Å². The lowest BCUT2D eigenvalue weighted by Crippen LogP contribution is -2.60. The lowest BCUT2D eigenvalue weighted by atomic mass is 10.0. The average Bonchev–Trinajstić information content (AvgIpc) is 1.94. The van der Waals surface area contributed by atoms with Crippen molar-refractivity contribution in [3.63, 3.8) is 0 Å². The molecule has 1 rings (SSSR count). The molecule has 1 heterocycles. The number of rotatable bonds is 3. The molecule has 1 aliphatic rings. The minimum Gasteiger partial charge on any atom is -0.363 e. The van der Waals surface area contributed by atoms with Crippen LogP contribution < -0.4 is 10.6 Å². The van der Waals surface area contributed by atoms with E-state index >= 15 is 0 Å². The molecule has 0 aromatic heterocycles. The molecule has 14 heavy (non-hydrogen) atoms. The van der Waals surface area contributed by atoms with E-state index in [0.29, 0.717) is 0 Å². The second-order valence-corrected chi connectivity index (χ2v) is 5.14. The van der Waals surface area contributed by atoms with Crippen LogP contribution >= 0.6 is 0 Å². The molecule has 0 saturated carbocycles. The average molecular weight is 200 g/mol. The predicted octanol–water partition coefficient (Wildman–Crippen LogP) is 0.280. The van der Waals surface area contributed by atoms with Crippen molar-refractivity contribution in [1.82, 2.24) is 10.6 Å². The summed E-state index contributed by atoms with van der Waals surface area (Å²) < 4.78 is 5.50. The zero-order valence-electron chi connectivity index (χ0n) is 9.44. The molecule has 1 saturated heterocycles. The molecule has 1 fully saturated rings. The van der Waals surface area contributed by atoms with Crippen LogP contribution in [0.3, 0.4) is 0 Å². The summed E-state index contributed by atoms with van der Waals surface area (Å²) in [5.41, 5.74) is -0.325. The van der Waals surface area contributed by atoms with Crippen molar-refractivity contribution in [3.05, 3.63) is 0 Å². The molecule has 1 amide bonds. The molecule has 0 aliphatic carbocycles. The molecule has 1 aliphatic heterocycles. The van der Waals surface area contributed by atoms with Crippen molar-refractivity contribution in [2.75, 3.05) is 19.7 Å². The summed E-state index contributed by atoms with van der Waals surface area (Å²) in [6, 6.07) is 0. The minimum absolute atomic E-state index is 0.0503. The highest BCUT2D eigenvalue weighted by atomic mass is 16.5. The molecule has 4 heteroatoms. The van der Waals surface area contributed by atoms with Gasteiger partial charge >= 0.3 is 0 Å². The van der Waals surface area contributed by atoms with Crippen molar-refractivity contribution in [2.45, 2.75) is 38.8 Å². The summed E-state index contributed by atoms with van der Waals surface area (Å²) in [5, 5.41) is 5.97. The monoisotopic (exact) mass is 200 g/mol. The van der Waals surface area contributed by atoms with Crippen LogP contribution in [0, 0.1) is 0 Å². The van der Waals surface area contributed by atoms with Crippen molar-refractivity contribution >= 4 is 5.91 Å². The largest absolute Gasteiger partial charge is 0.363 e. The molecular weight excluding hydrogens is 180 g/mol. The fraction of sp³-hybridized carbons (Fsp3) is 0.900. The molecule has 82 valence electrons. The van der Waals surface area contributed by atoms with E-state index in [0.717, 1.165) is 13.1 Å². The lowest BCUT2D eigenvalue weighted by Gasteiger charge is -2.39. The van der Waals surface area contributed by atoms with Crippen LogP contribution in [-0.2, 0) is 9.53 Å². The highest BCUT2D eigenvalue weighted by molar-refractivity contribution is 5.77. The SMILES string of the molecule is CC(C)(C)NC(=O)COC1(C)CNC1. The van der Waals surface area contributed by atoms with E-state index < -0.39 is 0 Å². The van der Waals surface area contributed by atoms with Gasteiger partial charge < -0.3 is 15.4 Å². The van der Waals surface area contributed by atoms with E-state index in [1.54, 1.807) is 0 Å². The smallest absolute Gasteiger partial charge is 0.246 e. The molecule has 0 aromatic rings. The summed E-state index contributed by atoms with van der Waals surface area (Å²) in [6.07, 6.45) is 0. The predicted molar refractivity (Wildman–Crippen MR) is 55.1 cm³/mol. The second-order valence-electron chi connectivity index (χ2n) is 5.14. The number of nitrogens with one attached hydrogen (secondary N) is 2. The topological polar surface area (TPSA) is 50.4 Å². The molecule has 4 nitrogen and oxygen atoms in total. The Hall–Kier alpha value is -0.610. The number of carbonyl (C=O) groups is 1. The van der Waals surface area contributed by atoms with Gasteiger partial charge in [-0.3, -0.25) is 4.79 Å². The standard InChI is InChI=1S/C10H20N2O2/c1-9(2,3)12-8(13)5-14-10(4)6-11-7-10/h11H,5-7H2,1-4H3,(H,12,13). The molecule has 0 unspecified atom stereocenters. The number of amides is 1. The number of carbonyl (C=O) groups excluding carboxylic acids is 1. The van der Waals surface area contributed by atoms with Crippen LogP contribution in [0.2, 0.25) is 0 Å². The fourth-order valence-corrected chi connectivity index (χ4v) is 1.27. The third-order valence-electron chi connectivity index (χ3n) is 2.06. The van der Waals surface area contributed by atoms with E-state index in [9.17, 15) is 4.79 Å². The Kier molecular flexibility index (Phi) is 3.17. The van der Waals surface area contributed by atoms with Crippen LogP contribution in [0.5, 0.6) is 0 Å². The Balaban J connectivity index is 2.21. The van der Waals surface area contributed by atoms with Crippen molar-refractivity contribution in [3.8, 4) is 0 Å². The van der Waals surface area contributed by atoms with Gasteiger partial charge in [0.25, 0.3) is 0 Å². The van der Waals surface area contributed by atoms with E-state index in [2.05, 4.69) is 10.6 Å². The van der Waals surface area contributed by atoms with Gasteiger partial charge in [-0.2, -0.15) is 0 Å². The maximum atomic E-state index is 11.4. The number of hydrogen-bond donors (Lipinski definition) is 2. The van der Waals surface area contributed by atoms with Crippen LogP contribution in [-0.4, -0.2) is 36.7 Å². The van der Waals surface area contributed by atoms with Gasteiger partial charge in [0, 0.05) is 18.6 Å². The zero-order chi connectivity index (χ0) is 10.8. The summed E-state index contributed by atoms with van der Waals surface area (Å²) >= 11 is 0. The first kappa shape index (κ1) is 11.5. The van der Waals surface area contributed by atoms with Gasteiger partial charge in [-0.05, 0) is 27.7 Å². The molecule has 0 atom stereocenters. The first-order valence-electron chi connectivity index (χ1n) is 4.96. The Labute approximate surface area is 85.4 Å². The van der Waals surface area contributed by atoms with Gasteiger partial charge in [0.2, 0.25) is 5.91 Å². The van der Waals surface area contributed by atoms with Gasteiger partial charge in [-0.25, -0.2) is 0 Å². The lowest BCUT2D eigenvalue weighted by molar-refractivity contribution is -0.137. The highest BCUT2D eigenvalue weighted by Gasteiger charge is 2.33. The minimum atomic E-state index is -0.181. The molecular formula is C10H20N2O2. The maximum absolute atomic E-state index is 11.4. The first-order valence-corrected chi connectivity index (χ1v) is 4.96. The summed E-state index contributed by atoms with van der Waals surface area (Å²) in [6.45, 7) is 9.68. The molecule has 0 bridgehead atoms. The van der Waals surface area contributed by atoms with Crippen LogP contribution in [0.1, 0.15) is 27.7 Å². The first-order chi connectivity index (χ1) is 6.31. The van der Waals surface area contributed by atoms with E-state index in [-0.39, 0.29) is 23.7 Å². The third-order valence-corrected chi connectivity index (χ3v) is 2.06. The number of hydrogen-bond acceptors (Lipinski definition) is 3. The van der Waals surface area contributed by atoms with Crippen LogP contribution in [0.15, 0.2) is 0 Å². The Morgan fingerprint density at radius 2 is 2.07 bits per heavy atom. The van der Waals surface area contributed by atoms with Gasteiger partial charge in [-0.1, -0.05) is 0 Å². The van der Waals surface area contributed by atoms with E-state index in [1.807, 2.05) is 27.7 Å². The molecule has 0 aromatic carbocycles. The second kappa shape index (κ2) is 3.87. The Morgan fingerprint density at radius 1 is 1.50 bits per heavy atom. The van der Waals surface area contributed by atoms with Crippen molar-refractivity contribution in [1.29, 1.82) is 0 Å². The van der Waals surface area contributed by atoms with Crippen molar-refractivity contribution < 1.29 is 9.53 Å². The molecule has 2 N–H and O–H groups in total. The highest BCUT2D eigenvalue weighted by Crippen LogP contribution is 2.14. The Bertz CT molecular complexity index is 217. The van der Waals surface area contributed by atoms with Crippen molar-refractivity contribution in [2.24, 2.45) is 0 Å². The molecule has 0 radical (unpaired) electrons. The van der Waals surface area contributed by atoms with Crippen LogP contribution in [0.25, 0.3) is 0 Å². The summed E-state index contributed by atoms with van der Waals surface area (Å²) in [7, 11) is 0. The fourth-order valence-electron chi connectivity index (χ4n) is 1.27.